The number of rotatable bonds is 5. The smallest absolute Gasteiger partial charge is 0.256 e. The van der Waals surface area contributed by atoms with Crippen LogP contribution >= 0.6 is 27.5 Å². The first-order valence-corrected chi connectivity index (χ1v) is 7.91. The van der Waals surface area contributed by atoms with Crippen LogP contribution in [-0.2, 0) is 0 Å². The molecule has 116 valence electrons. The van der Waals surface area contributed by atoms with E-state index in [4.69, 9.17) is 16.3 Å². The second-order valence-electron chi connectivity index (χ2n) is 4.83. The van der Waals surface area contributed by atoms with Crippen LogP contribution in [0.15, 0.2) is 41.0 Å². The van der Waals surface area contributed by atoms with Crippen LogP contribution in [0.3, 0.4) is 0 Å². The molecule has 0 spiro atoms. The first-order chi connectivity index (χ1) is 10.5. The molecule has 0 saturated carbocycles. The lowest BCUT2D eigenvalue weighted by atomic mass is 10.2. The number of carbonyl (C=O) groups excluding carboxylic acids is 1. The van der Waals surface area contributed by atoms with Crippen LogP contribution < -0.4 is 4.74 Å². The molecular formula is C16H16BrClN2O2. The molecule has 0 bridgehead atoms. The number of carbonyl (C=O) groups is 1. The van der Waals surface area contributed by atoms with Gasteiger partial charge in [-0.2, -0.15) is 0 Å². The fraction of sp³-hybridized carbons (Fsp3) is 0.250. The summed E-state index contributed by atoms with van der Waals surface area (Å²) in [7, 11) is 1.71. The number of hydrogen-bond acceptors (Lipinski definition) is 3. The van der Waals surface area contributed by atoms with Crippen LogP contribution in [0.2, 0.25) is 5.15 Å². The first kappa shape index (κ1) is 16.8. The fourth-order valence-electron chi connectivity index (χ4n) is 1.89. The highest BCUT2D eigenvalue weighted by molar-refractivity contribution is 9.10. The van der Waals surface area contributed by atoms with Crippen LogP contribution in [0.1, 0.15) is 15.9 Å². The number of amides is 1. The first-order valence-electron chi connectivity index (χ1n) is 6.74. The summed E-state index contributed by atoms with van der Waals surface area (Å²) in [4.78, 5) is 17.9. The number of nitrogens with zero attached hydrogens (tertiary/aromatic N) is 2. The van der Waals surface area contributed by atoms with Crippen LogP contribution in [0.5, 0.6) is 5.75 Å². The van der Waals surface area contributed by atoms with Gasteiger partial charge in [-0.1, -0.05) is 29.8 Å². The van der Waals surface area contributed by atoms with Gasteiger partial charge in [0.2, 0.25) is 0 Å². The highest BCUT2D eigenvalue weighted by Gasteiger charge is 2.16. The molecule has 6 heteroatoms. The van der Waals surface area contributed by atoms with E-state index in [1.54, 1.807) is 24.2 Å². The van der Waals surface area contributed by atoms with Crippen molar-refractivity contribution in [3.05, 3.63) is 57.3 Å². The van der Waals surface area contributed by atoms with Gasteiger partial charge in [0.15, 0.2) is 0 Å². The molecule has 0 aliphatic carbocycles. The molecule has 1 amide bonds. The van der Waals surface area contributed by atoms with E-state index in [0.717, 1.165) is 11.3 Å². The molecule has 2 aromatic rings. The quantitative estimate of drug-likeness (QED) is 0.734. The average Bonchev–Trinajstić information content (AvgIpc) is 2.50. The molecule has 0 fully saturated rings. The molecule has 0 aliphatic heterocycles. The minimum Gasteiger partial charge on any atom is -0.491 e. The molecule has 22 heavy (non-hydrogen) atoms. The standard InChI is InChI=1S/C16H16BrClN2O2/c1-11-5-3-4-6-14(11)22-8-7-20(2)16(21)13-9-12(17)10-19-15(13)18/h3-6,9-10H,7-8H2,1-2H3. The van der Waals surface area contributed by atoms with Crippen molar-refractivity contribution in [2.45, 2.75) is 6.92 Å². The third-order valence-corrected chi connectivity index (χ3v) is 3.90. The van der Waals surface area contributed by atoms with Crippen molar-refractivity contribution in [1.29, 1.82) is 0 Å². The molecule has 0 atom stereocenters. The molecule has 1 heterocycles. The Morgan fingerprint density at radius 2 is 2.14 bits per heavy atom. The summed E-state index contributed by atoms with van der Waals surface area (Å²) < 4.78 is 6.41. The molecule has 4 nitrogen and oxygen atoms in total. The number of likely N-dealkylation sites (N-methyl/N-ethyl adjacent to an activating group) is 1. The van der Waals surface area contributed by atoms with Gasteiger partial charge in [-0.25, -0.2) is 4.98 Å². The maximum atomic E-state index is 12.4. The number of pyridine rings is 1. The number of aromatic nitrogens is 1. The second kappa shape index (κ2) is 7.61. The summed E-state index contributed by atoms with van der Waals surface area (Å²) in [5.41, 5.74) is 1.44. The van der Waals surface area contributed by atoms with Crippen molar-refractivity contribution in [2.24, 2.45) is 0 Å². The van der Waals surface area contributed by atoms with Gasteiger partial charge in [0, 0.05) is 17.7 Å². The Bertz CT molecular complexity index is 679. The molecule has 1 aromatic carbocycles. The monoisotopic (exact) mass is 382 g/mol. The fourth-order valence-corrected chi connectivity index (χ4v) is 2.41. The van der Waals surface area contributed by atoms with Crippen LogP contribution in [-0.4, -0.2) is 36.0 Å². The molecular weight excluding hydrogens is 368 g/mol. The predicted molar refractivity (Wildman–Crippen MR) is 90.6 cm³/mol. The predicted octanol–water partition coefficient (Wildman–Crippen LogP) is 3.96. The zero-order valence-corrected chi connectivity index (χ0v) is 14.7. The van der Waals surface area contributed by atoms with Gasteiger partial charge in [-0.3, -0.25) is 4.79 Å². The van der Waals surface area contributed by atoms with E-state index in [-0.39, 0.29) is 11.1 Å². The van der Waals surface area contributed by atoms with Crippen molar-refractivity contribution in [2.75, 3.05) is 20.2 Å². The minimum atomic E-state index is -0.188. The van der Waals surface area contributed by atoms with Gasteiger partial charge in [0.05, 0.1) is 12.1 Å². The lowest BCUT2D eigenvalue weighted by Gasteiger charge is -2.18. The Labute approximate surface area is 143 Å². The van der Waals surface area contributed by atoms with Crippen LogP contribution in [0.4, 0.5) is 0 Å². The van der Waals surface area contributed by atoms with E-state index < -0.39 is 0 Å². The van der Waals surface area contributed by atoms with Gasteiger partial charge in [0.25, 0.3) is 5.91 Å². The number of hydrogen-bond donors (Lipinski definition) is 0. The Hall–Kier alpha value is -1.59. The summed E-state index contributed by atoms with van der Waals surface area (Å²) in [6.45, 7) is 2.85. The maximum absolute atomic E-state index is 12.4. The molecule has 0 radical (unpaired) electrons. The maximum Gasteiger partial charge on any atom is 0.256 e. The topological polar surface area (TPSA) is 42.4 Å². The van der Waals surface area contributed by atoms with E-state index in [1.165, 1.54) is 0 Å². The molecule has 0 saturated heterocycles. The summed E-state index contributed by atoms with van der Waals surface area (Å²) in [5, 5.41) is 0.194. The molecule has 0 aliphatic rings. The van der Waals surface area contributed by atoms with Crippen molar-refractivity contribution in [3.8, 4) is 5.75 Å². The summed E-state index contributed by atoms with van der Waals surface area (Å²) in [5.74, 6) is 0.637. The Balaban J connectivity index is 1.94. The van der Waals surface area contributed by atoms with E-state index in [0.29, 0.717) is 23.2 Å². The Morgan fingerprint density at radius 3 is 2.86 bits per heavy atom. The van der Waals surface area contributed by atoms with E-state index in [9.17, 15) is 4.79 Å². The van der Waals surface area contributed by atoms with Crippen molar-refractivity contribution < 1.29 is 9.53 Å². The van der Waals surface area contributed by atoms with E-state index in [1.807, 2.05) is 31.2 Å². The van der Waals surface area contributed by atoms with Crippen molar-refractivity contribution in [3.63, 3.8) is 0 Å². The van der Waals surface area contributed by atoms with Crippen molar-refractivity contribution >= 4 is 33.4 Å². The van der Waals surface area contributed by atoms with Gasteiger partial charge >= 0.3 is 0 Å². The van der Waals surface area contributed by atoms with Crippen molar-refractivity contribution in [1.82, 2.24) is 9.88 Å². The van der Waals surface area contributed by atoms with Gasteiger partial charge < -0.3 is 9.64 Å². The normalized spacial score (nSPS) is 10.4. The van der Waals surface area contributed by atoms with E-state index in [2.05, 4.69) is 20.9 Å². The number of halogens is 2. The number of para-hydroxylation sites is 1. The number of benzene rings is 1. The lowest BCUT2D eigenvalue weighted by Crippen LogP contribution is -2.31. The third-order valence-electron chi connectivity index (χ3n) is 3.16. The summed E-state index contributed by atoms with van der Waals surface area (Å²) in [6, 6.07) is 9.43. The summed E-state index contributed by atoms with van der Waals surface area (Å²) >= 11 is 9.26. The molecule has 2 rings (SSSR count). The highest BCUT2D eigenvalue weighted by Crippen LogP contribution is 2.20. The second-order valence-corrected chi connectivity index (χ2v) is 6.11. The summed E-state index contributed by atoms with van der Waals surface area (Å²) in [6.07, 6.45) is 1.56. The van der Waals surface area contributed by atoms with Gasteiger partial charge in [-0.15, -0.1) is 0 Å². The van der Waals surface area contributed by atoms with Crippen LogP contribution in [0, 0.1) is 6.92 Å². The largest absolute Gasteiger partial charge is 0.491 e. The average molecular weight is 384 g/mol. The molecule has 0 N–H and O–H groups in total. The SMILES string of the molecule is Cc1ccccc1OCCN(C)C(=O)c1cc(Br)cnc1Cl. The van der Waals surface area contributed by atoms with Gasteiger partial charge in [-0.05, 0) is 40.5 Å². The Morgan fingerprint density at radius 1 is 1.41 bits per heavy atom. The van der Waals surface area contributed by atoms with Gasteiger partial charge in [0.1, 0.15) is 17.5 Å². The number of aryl methyl sites for hydroxylation is 1. The Kier molecular flexibility index (Phi) is 5.80. The highest BCUT2D eigenvalue weighted by atomic mass is 79.9. The van der Waals surface area contributed by atoms with E-state index >= 15 is 0 Å². The molecule has 1 aromatic heterocycles. The lowest BCUT2D eigenvalue weighted by molar-refractivity contribution is 0.0773. The minimum absolute atomic E-state index is 0.188. The molecule has 0 unspecified atom stereocenters. The van der Waals surface area contributed by atoms with Crippen LogP contribution in [0.25, 0.3) is 0 Å². The number of ether oxygens (including phenoxy) is 1. The third kappa shape index (κ3) is 4.21. The zero-order valence-electron chi connectivity index (χ0n) is 12.3. The zero-order chi connectivity index (χ0) is 16.1.